The zero-order valence-electron chi connectivity index (χ0n) is 5.37. The third-order valence-corrected chi connectivity index (χ3v) is 1.79. The number of nitrogens with two attached hydrogens (primary N) is 1. The Morgan fingerprint density at radius 1 is 1.45 bits per heavy atom. The molecule has 0 atom stereocenters. The van der Waals surface area contributed by atoms with Crippen LogP contribution in [0.4, 0.5) is 5.82 Å². The molecule has 11 heavy (non-hydrogen) atoms. The normalized spacial score (nSPS) is 10.6. The molecule has 0 bridgehead atoms. The lowest BCUT2D eigenvalue weighted by atomic mass is 10.5. The number of aromatic amines is 1. The lowest BCUT2D eigenvalue weighted by Gasteiger charge is -1.88. The van der Waals surface area contributed by atoms with Crippen molar-refractivity contribution in [1.29, 1.82) is 0 Å². The molecule has 0 radical (unpaired) electrons. The highest BCUT2D eigenvalue weighted by molar-refractivity contribution is 14.1. The van der Waals surface area contributed by atoms with Crippen molar-refractivity contribution in [2.24, 2.45) is 0 Å². The smallest absolute Gasteiger partial charge is 0.171 e. The molecule has 0 fully saturated rings. The first-order valence-electron chi connectivity index (χ1n) is 2.89. The predicted octanol–water partition coefficient (Wildman–Crippen LogP) is 0.540. The van der Waals surface area contributed by atoms with Gasteiger partial charge >= 0.3 is 0 Å². The lowest BCUT2D eigenvalue weighted by molar-refractivity contribution is 1.20. The molecule has 2 aromatic rings. The first-order chi connectivity index (χ1) is 5.27. The highest BCUT2D eigenvalue weighted by Crippen LogP contribution is 2.13. The average molecular weight is 259 g/mol. The Balaban J connectivity index is 2.90. The van der Waals surface area contributed by atoms with Gasteiger partial charge in [0.2, 0.25) is 0 Å². The van der Waals surface area contributed by atoms with Crippen molar-refractivity contribution in [3.8, 4) is 0 Å². The van der Waals surface area contributed by atoms with Gasteiger partial charge in [-0.1, -0.05) is 0 Å². The van der Waals surface area contributed by atoms with Gasteiger partial charge in [0.1, 0.15) is 6.33 Å². The summed E-state index contributed by atoms with van der Waals surface area (Å²) in [6.45, 7) is 0. The van der Waals surface area contributed by atoms with Gasteiger partial charge in [0.25, 0.3) is 0 Å². The Bertz CT molecular complexity index is 395. The number of nitrogens with zero attached hydrogens (tertiary/aromatic N) is 3. The molecule has 2 heterocycles. The molecule has 0 amide bonds. The number of hydrogen-bond donors (Lipinski definition) is 2. The van der Waals surface area contributed by atoms with Crippen molar-refractivity contribution < 1.29 is 0 Å². The number of rotatable bonds is 0. The molecule has 0 saturated carbocycles. The van der Waals surface area contributed by atoms with Crippen LogP contribution in [-0.4, -0.2) is 19.9 Å². The number of H-pyrrole nitrogens is 1. The van der Waals surface area contributed by atoms with Crippen LogP contribution >= 0.6 is 22.6 Å². The van der Waals surface area contributed by atoms with Crippen LogP contribution in [0, 0.1) is 3.83 Å². The number of aromatic nitrogens is 4. The van der Waals surface area contributed by atoms with E-state index in [4.69, 9.17) is 5.73 Å². The topological polar surface area (TPSA) is 80.5 Å². The predicted molar refractivity (Wildman–Crippen MR) is 48.8 cm³/mol. The van der Waals surface area contributed by atoms with E-state index in [1.807, 2.05) is 0 Å². The maximum Gasteiger partial charge on any atom is 0.171 e. The number of imidazole rings is 1. The van der Waals surface area contributed by atoms with Gasteiger partial charge in [-0.25, -0.2) is 15.0 Å². The van der Waals surface area contributed by atoms with Crippen molar-refractivity contribution in [3.63, 3.8) is 0 Å². The van der Waals surface area contributed by atoms with E-state index in [0.29, 0.717) is 17.0 Å². The molecule has 0 aliphatic carbocycles. The van der Waals surface area contributed by atoms with Crippen molar-refractivity contribution in [2.45, 2.75) is 0 Å². The summed E-state index contributed by atoms with van der Waals surface area (Å²) in [6.07, 6.45) is 1.41. The second-order valence-corrected chi connectivity index (χ2v) is 3.01. The SMILES string of the molecule is Nc1ncnc2[nH]c([125I])nc12. The van der Waals surface area contributed by atoms with E-state index in [0.717, 1.165) is 3.83 Å². The Morgan fingerprint density at radius 3 is 3.00 bits per heavy atom. The molecule has 0 aliphatic heterocycles. The van der Waals surface area contributed by atoms with Crippen LogP contribution in [0.15, 0.2) is 6.33 Å². The summed E-state index contributed by atoms with van der Waals surface area (Å²) in [5, 5.41) is 0. The molecular weight excluding hydrogens is 255 g/mol. The zero-order chi connectivity index (χ0) is 7.84. The van der Waals surface area contributed by atoms with Crippen LogP contribution < -0.4 is 5.73 Å². The number of nitrogen functional groups attached to an aromatic ring is 1. The average Bonchev–Trinajstić information content (AvgIpc) is 2.31. The second-order valence-electron chi connectivity index (χ2n) is 1.98. The summed E-state index contributed by atoms with van der Waals surface area (Å²) in [7, 11) is 0. The molecule has 6 heteroatoms. The summed E-state index contributed by atoms with van der Waals surface area (Å²) in [5.74, 6) is 0.411. The van der Waals surface area contributed by atoms with E-state index >= 15 is 0 Å². The van der Waals surface area contributed by atoms with Gasteiger partial charge < -0.3 is 10.7 Å². The van der Waals surface area contributed by atoms with Crippen LogP contribution in [0.25, 0.3) is 11.2 Å². The molecule has 56 valence electrons. The third-order valence-electron chi connectivity index (χ3n) is 1.28. The number of fused-ring (bicyclic) bond motifs is 1. The van der Waals surface area contributed by atoms with Gasteiger partial charge in [-0.05, 0) is 22.6 Å². The van der Waals surface area contributed by atoms with Gasteiger partial charge in [-0.15, -0.1) is 0 Å². The zero-order valence-corrected chi connectivity index (χ0v) is 7.53. The van der Waals surface area contributed by atoms with Crippen LogP contribution in [-0.2, 0) is 0 Å². The third kappa shape index (κ3) is 1.02. The van der Waals surface area contributed by atoms with E-state index in [1.54, 1.807) is 0 Å². The number of hydrogen-bond acceptors (Lipinski definition) is 4. The van der Waals surface area contributed by atoms with E-state index in [2.05, 4.69) is 42.5 Å². The maximum absolute atomic E-state index is 5.53. The van der Waals surface area contributed by atoms with Crippen LogP contribution in [0.3, 0.4) is 0 Å². The Kier molecular flexibility index (Phi) is 1.41. The monoisotopic (exact) mass is 259 g/mol. The van der Waals surface area contributed by atoms with Crippen molar-refractivity contribution >= 4 is 39.6 Å². The highest BCUT2D eigenvalue weighted by atomic mass is 125. The molecule has 0 unspecified atom stereocenters. The van der Waals surface area contributed by atoms with Gasteiger partial charge in [-0.2, -0.15) is 0 Å². The van der Waals surface area contributed by atoms with E-state index in [1.165, 1.54) is 6.33 Å². The number of halogens is 1. The van der Waals surface area contributed by atoms with Crippen LogP contribution in [0.2, 0.25) is 0 Å². The Hall–Kier alpha value is -0.920. The molecule has 3 N–H and O–H groups in total. The summed E-state index contributed by atoms with van der Waals surface area (Å²) in [6, 6.07) is 0. The largest absolute Gasteiger partial charge is 0.382 e. The molecule has 0 aliphatic rings. The van der Waals surface area contributed by atoms with Gasteiger partial charge in [0.05, 0.1) is 0 Å². The van der Waals surface area contributed by atoms with Gasteiger partial charge in [0.15, 0.2) is 20.8 Å². The first-order valence-corrected chi connectivity index (χ1v) is 3.97. The minimum absolute atomic E-state index is 0.411. The number of anilines is 1. The van der Waals surface area contributed by atoms with Crippen molar-refractivity contribution in [1.82, 2.24) is 19.9 Å². The van der Waals surface area contributed by atoms with Crippen molar-refractivity contribution in [2.75, 3.05) is 5.73 Å². The molecule has 0 spiro atoms. The molecule has 2 rings (SSSR count). The fraction of sp³-hybridized carbons (Fsp3) is 0. The quantitative estimate of drug-likeness (QED) is 0.534. The van der Waals surface area contributed by atoms with Gasteiger partial charge in [0, 0.05) is 0 Å². The van der Waals surface area contributed by atoms with Crippen molar-refractivity contribution in [3.05, 3.63) is 10.2 Å². The van der Waals surface area contributed by atoms with Gasteiger partial charge in [-0.3, -0.25) is 0 Å². The Labute approximate surface area is 75.6 Å². The summed E-state index contributed by atoms with van der Waals surface area (Å²) in [4.78, 5) is 14.8. The molecule has 0 aromatic carbocycles. The minimum atomic E-state index is 0.411. The fourth-order valence-electron chi connectivity index (χ4n) is 0.818. The summed E-state index contributed by atoms with van der Waals surface area (Å²) >= 11 is 2.06. The fourth-order valence-corrected chi connectivity index (χ4v) is 1.31. The molecule has 5 nitrogen and oxygen atoms in total. The summed E-state index contributed by atoms with van der Waals surface area (Å²) in [5.41, 5.74) is 6.85. The molecule has 2 aromatic heterocycles. The highest BCUT2D eigenvalue weighted by Gasteiger charge is 2.03. The molecule has 0 saturated heterocycles. The summed E-state index contributed by atoms with van der Waals surface area (Å²) < 4.78 is 0.768. The van der Waals surface area contributed by atoms with Crippen LogP contribution in [0.5, 0.6) is 0 Å². The molecular formula is C5H4IN5. The van der Waals surface area contributed by atoms with E-state index in [9.17, 15) is 0 Å². The first kappa shape index (κ1) is 6.77. The van der Waals surface area contributed by atoms with Crippen LogP contribution in [0.1, 0.15) is 0 Å². The minimum Gasteiger partial charge on any atom is -0.382 e. The lowest BCUT2D eigenvalue weighted by Crippen LogP contribution is -1.91. The number of nitrogens with one attached hydrogen (secondary N) is 1. The second kappa shape index (κ2) is 2.29. The maximum atomic E-state index is 5.53. The van der Waals surface area contributed by atoms with E-state index in [-0.39, 0.29) is 0 Å². The Morgan fingerprint density at radius 2 is 2.27 bits per heavy atom. The van der Waals surface area contributed by atoms with E-state index < -0.39 is 0 Å². The standard InChI is InChI=1S/C5H4IN5/c6-5-10-2-3(7)8-1-9-4(2)11-5/h1H,(H3,7,8,9,10,11)/i6-2.